The van der Waals surface area contributed by atoms with E-state index in [0.717, 1.165) is 6.42 Å². The van der Waals surface area contributed by atoms with Crippen LogP contribution >= 0.6 is 0 Å². The molecule has 108 valence electrons. The molecule has 1 aliphatic rings. The molecular weight excluding hydrogens is 256 g/mol. The largest absolute Gasteiger partial charge is 0.318 e. The van der Waals surface area contributed by atoms with Crippen molar-refractivity contribution in [3.8, 4) is 11.8 Å². The minimum atomic E-state index is -0.381. The predicted octanol–water partition coefficient (Wildman–Crippen LogP) is 4.56. The second-order valence-electron chi connectivity index (χ2n) is 7.10. The Bertz CT molecular complexity index is 744. The number of hydrogen-bond acceptors (Lipinski definition) is 1. The SMILES string of the molecule is Cc1c2c(c(C)n1-c1ccccc1)C(C)(C#N)CC2(C)C. The first-order valence-electron chi connectivity index (χ1n) is 7.51. The van der Waals surface area contributed by atoms with Crippen LogP contribution in [0.3, 0.4) is 0 Å². The van der Waals surface area contributed by atoms with Gasteiger partial charge in [-0.05, 0) is 55.9 Å². The fourth-order valence-electron chi connectivity index (χ4n) is 4.46. The van der Waals surface area contributed by atoms with Crippen LogP contribution in [0.25, 0.3) is 5.69 Å². The maximum absolute atomic E-state index is 9.74. The van der Waals surface area contributed by atoms with E-state index in [1.165, 1.54) is 28.2 Å². The average molecular weight is 278 g/mol. The average Bonchev–Trinajstić information content (AvgIpc) is 2.83. The molecule has 1 unspecified atom stereocenters. The lowest BCUT2D eigenvalue weighted by molar-refractivity contribution is 0.434. The van der Waals surface area contributed by atoms with Gasteiger partial charge in [-0.15, -0.1) is 0 Å². The van der Waals surface area contributed by atoms with Crippen LogP contribution in [0.2, 0.25) is 0 Å². The molecule has 0 fully saturated rings. The molecule has 0 spiro atoms. The van der Waals surface area contributed by atoms with Crippen LogP contribution in [-0.2, 0) is 10.8 Å². The first-order valence-corrected chi connectivity index (χ1v) is 7.51. The molecular formula is C19H22N2. The Morgan fingerprint density at radius 1 is 1.00 bits per heavy atom. The van der Waals surface area contributed by atoms with Gasteiger partial charge in [0.15, 0.2) is 0 Å². The summed E-state index contributed by atoms with van der Waals surface area (Å²) in [7, 11) is 0. The van der Waals surface area contributed by atoms with Gasteiger partial charge in [0.05, 0.1) is 11.5 Å². The summed E-state index contributed by atoms with van der Waals surface area (Å²) in [6.45, 7) is 10.9. The summed E-state index contributed by atoms with van der Waals surface area (Å²) < 4.78 is 2.31. The Kier molecular flexibility index (Phi) is 2.82. The van der Waals surface area contributed by atoms with E-state index in [-0.39, 0.29) is 10.8 Å². The zero-order valence-corrected chi connectivity index (χ0v) is 13.5. The molecule has 3 rings (SSSR count). The Hall–Kier alpha value is -2.01. The van der Waals surface area contributed by atoms with Crippen LogP contribution in [0.1, 0.15) is 49.7 Å². The highest BCUT2D eigenvalue weighted by atomic mass is 15.0. The van der Waals surface area contributed by atoms with Gasteiger partial charge in [0.2, 0.25) is 0 Å². The summed E-state index contributed by atoms with van der Waals surface area (Å²) in [4.78, 5) is 0. The van der Waals surface area contributed by atoms with Gasteiger partial charge < -0.3 is 4.57 Å². The predicted molar refractivity (Wildman–Crippen MR) is 85.9 cm³/mol. The van der Waals surface area contributed by atoms with Crippen molar-refractivity contribution < 1.29 is 0 Å². The van der Waals surface area contributed by atoms with Gasteiger partial charge in [-0.2, -0.15) is 5.26 Å². The van der Waals surface area contributed by atoms with Crippen molar-refractivity contribution in [2.24, 2.45) is 0 Å². The first kappa shape index (κ1) is 13.9. The minimum absolute atomic E-state index is 0.0503. The highest BCUT2D eigenvalue weighted by Gasteiger charge is 2.49. The van der Waals surface area contributed by atoms with E-state index >= 15 is 0 Å². The molecule has 0 saturated carbocycles. The summed E-state index contributed by atoms with van der Waals surface area (Å²) >= 11 is 0. The molecule has 2 heteroatoms. The summed E-state index contributed by atoms with van der Waals surface area (Å²) in [5, 5.41) is 9.74. The van der Waals surface area contributed by atoms with Gasteiger partial charge in [0.1, 0.15) is 0 Å². The monoisotopic (exact) mass is 278 g/mol. The Balaban J connectivity index is 2.36. The van der Waals surface area contributed by atoms with E-state index in [2.05, 4.69) is 69.5 Å². The van der Waals surface area contributed by atoms with Crippen molar-refractivity contribution >= 4 is 0 Å². The van der Waals surface area contributed by atoms with Gasteiger partial charge in [0, 0.05) is 17.1 Å². The van der Waals surface area contributed by atoms with Gasteiger partial charge in [0.25, 0.3) is 0 Å². The number of benzene rings is 1. The molecule has 1 aromatic carbocycles. The van der Waals surface area contributed by atoms with Gasteiger partial charge >= 0.3 is 0 Å². The molecule has 0 saturated heterocycles. The van der Waals surface area contributed by atoms with Gasteiger partial charge in [-0.25, -0.2) is 0 Å². The number of nitrogens with zero attached hydrogens (tertiary/aromatic N) is 2. The van der Waals surface area contributed by atoms with Crippen molar-refractivity contribution in [1.82, 2.24) is 4.57 Å². The third-order valence-corrected chi connectivity index (χ3v) is 4.93. The lowest BCUT2D eigenvalue weighted by Crippen LogP contribution is -2.22. The number of rotatable bonds is 1. The van der Waals surface area contributed by atoms with E-state index in [9.17, 15) is 5.26 Å². The molecule has 1 atom stereocenters. The third-order valence-electron chi connectivity index (χ3n) is 4.93. The van der Waals surface area contributed by atoms with E-state index < -0.39 is 0 Å². The molecule has 1 aliphatic carbocycles. The van der Waals surface area contributed by atoms with Crippen LogP contribution in [0.15, 0.2) is 30.3 Å². The first-order chi connectivity index (χ1) is 9.82. The quantitative estimate of drug-likeness (QED) is 0.752. The van der Waals surface area contributed by atoms with Crippen LogP contribution < -0.4 is 0 Å². The van der Waals surface area contributed by atoms with Crippen molar-refractivity contribution in [2.45, 2.75) is 51.9 Å². The highest BCUT2D eigenvalue weighted by Crippen LogP contribution is 2.53. The normalized spacial score (nSPS) is 22.9. The zero-order chi connectivity index (χ0) is 15.4. The molecule has 2 nitrogen and oxygen atoms in total. The summed E-state index contributed by atoms with van der Waals surface area (Å²) in [6, 6.07) is 13.0. The van der Waals surface area contributed by atoms with Gasteiger partial charge in [-0.1, -0.05) is 32.0 Å². The molecule has 2 aromatic rings. The summed E-state index contributed by atoms with van der Waals surface area (Å²) in [5.74, 6) is 0. The Labute approximate surface area is 127 Å². The smallest absolute Gasteiger partial charge is 0.0822 e. The standard InChI is InChI=1S/C19H22N2/c1-13-16-17(19(5,12-20)11-18(16,3)4)14(2)21(13)15-9-7-6-8-10-15/h6-10H,11H2,1-5H3. The Morgan fingerprint density at radius 3 is 2.14 bits per heavy atom. The second kappa shape index (κ2) is 4.24. The van der Waals surface area contributed by atoms with Crippen molar-refractivity contribution in [3.63, 3.8) is 0 Å². The van der Waals surface area contributed by atoms with E-state index in [1.54, 1.807) is 0 Å². The maximum Gasteiger partial charge on any atom is 0.0822 e. The third kappa shape index (κ3) is 1.77. The van der Waals surface area contributed by atoms with Crippen molar-refractivity contribution in [1.29, 1.82) is 5.26 Å². The zero-order valence-electron chi connectivity index (χ0n) is 13.5. The fraction of sp³-hybridized carbons (Fsp3) is 0.421. The fourth-order valence-corrected chi connectivity index (χ4v) is 4.46. The molecule has 0 amide bonds. The number of para-hydroxylation sites is 1. The molecule has 1 heterocycles. The maximum atomic E-state index is 9.74. The molecule has 21 heavy (non-hydrogen) atoms. The van der Waals surface area contributed by atoms with Crippen LogP contribution in [-0.4, -0.2) is 4.57 Å². The highest BCUT2D eigenvalue weighted by molar-refractivity contribution is 5.58. The van der Waals surface area contributed by atoms with E-state index in [0.29, 0.717) is 0 Å². The lowest BCUT2D eigenvalue weighted by atomic mass is 9.80. The summed E-state index contributed by atoms with van der Waals surface area (Å²) in [5.41, 5.74) is 5.95. The van der Waals surface area contributed by atoms with Crippen LogP contribution in [0, 0.1) is 25.2 Å². The molecule has 0 N–H and O–H groups in total. The van der Waals surface area contributed by atoms with Crippen molar-refractivity contribution in [3.05, 3.63) is 52.8 Å². The number of nitriles is 1. The number of aromatic nitrogens is 1. The van der Waals surface area contributed by atoms with Crippen LogP contribution in [0.5, 0.6) is 0 Å². The second-order valence-corrected chi connectivity index (χ2v) is 7.10. The molecule has 1 aromatic heterocycles. The topological polar surface area (TPSA) is 28.7 Å². The van der Waals surface area contributed by atoms with Crippen molar-refractivity contribution in [2.75, 3.05) is 0 Å². The minimum Gasteiger partial charge on any atom is -0.318 e. The van der Waals surface area contributed by atoms with E-state index in [1.807, 2.05) is 6.07 Å². The number of hydrogen-bond donors (Lipinski definition) is 0. The summed E-state index contributed by atoms with van der Waals surface area (Å²) in [6.07, 6.45) is 0.901. The Morgan fingerprint density at radius 2 is 1.57 bits per heavy atom. The lowest BCUT2D eigenvalue weighted by Gasteiger charge is -2.24. The van der Waals surface area contributed by atoms with E-state index in [4.69, 9.17) is 0 Å². The molecule has 0 aliphatic heterocycles. The van der Waals surface area contributed by atoms with Gasteiger partial charge in [-0.3, -0.25) is 0 Å². The molecule has 0 radical (unpaired) electrons. The molecule has 0 bridgehead atoms. The number of fused-ring (bicyclic) bond motifs is 1. The van der Waals surface area contributed by atoms with Crippen LogP contribution in [0.4, 0.5) is 0 Å².